The van der Waals surface area contributed by atoms with Crippen LogP contribution in [0.5, 0.6) is 17.2 Å². The quantitative estimate of drug-likeness (QED) is 0.0245. The number of phenolic OH excluding ortho intramolecular Hbond substituents is 2. The number of morpholine rings is 1. The summed E-state index contributed by atoms with van der Waals surface area (Å²) in [6.07, 6.45) is -5.50. The molecule has 9 N–H and O–H groups in total. The van der Waals surface area contributed by atoms with Crippen molar-refractivity contribution < 1.29 is 102 Å². The summed E-state index contributed by atoms with van der Waals surface area (Å²) in [6, 6.07) is 3.99. The molecule has 2 aromatic rings. The van der Waals surface area contributed by atoms with E-state index in [1.165, 1.54) is 25.3 Å². The molecule has 452 valence electrons. The van der Waals surface area contributed by atoms with E-state index in [1.54, 1.807) is 6.92 Å². The van der Waals surface area contributed by atoms with Gasteiger partial charge in [-0.3, -0.25) is 49.3 Å². The van der Waals surface area contributed by atoms with E-state index in [1.807, 2.05) is 4.90 Å². The number of carbonyl (C=O) groups excluding carboxylic acids is 6. The molecule has 4 amide bonds. The van der Waals surface area contributed by atoms with Gasteiger partial charge in [0.25, 0.3) is 5.91 Å². The minimum Gasteiger partial charge on any atom is -0.507 e. The average Bonchev–Trinajstić information content (AvgIpc) is 1.74. The van der Waals surface area contributed by atoms with Crippen LogP contribution < -0.4 is 26.2 Å². The molecule has 0 radical (unpaired) electrons. The molecule has 27 nitrogen and oxygen atoms in total. The maximum atomic E-state index is 14.2. The van der Waals surface area contributed by atoms with Crippen LogP contribution in [0.4, 0.5) is 0 Å². The summed E-state index contributed by atoms with van der Waals surface area (Å²) >= 11 is 1.14. The van der Waals surface area contributed by atoms with E-state index >= 15 is 0 Å². The Morgan fingerprint density at radius 3 is 2.17 bits per heavy atom. The Labute approximate surface area is 477 Å². The van der Waals surface area contributed by atoms with E-state index in [-0.39, 0.29) is 109 Å². The van der Waals surface area contributed by atoms with Gasteiger partial charge in [-0.15, -0.1) is 0 Å². The number of hydrogen-bond donors (Lipinski definition) is 9. The fraction of sp³-hybridized carbons (Fsp3) is 0.648. The van der Waals surface area contributed by atoms with E-state index in [2.05, 4.69) is 26.4 Å². The van der Waals surface area contributed by atoms with Gasteiger partial charge in [-0.1, -0.05) is 12.1 Å². The molecule has 4 aliphatic heterocycles. The Morgan fingerprint density at radius 1 is 0.805 bits per heavy atom. The number of hydrogen-bond acceptors (Lipinski definition) is 23. The van der Waals surface area contributed by atoms with E-state index in [4.69, 9.17) is 47.7 Å². The molecule has 4 fully saturated rings. The third-order valence-corrected chi connectivity index (χ3v) is 16.2. The van der Waals surface area contributed by atoms with Crippen molar-refractivity contribution >= 4 is 52.9 Å². The van der Waals surface area contributed by atoms with Gasteiger partial charge >= 0.3 is 5.97 Å². The summed E-state index contributed by atoms with van der Waals surface area (Å²) in [6.45, 7) is 8.05. The predicted octanol–water partition coefficient (Wildman–Crippen LogP) is -0.748. The first-order chi connectivity index (χ1) is 39.5. The highest BCUT2D eigenvalue weighted by Gasteiger charge is 2.55. The zero-order chi connectivity index (χ0) is 58.5. The number of rotatable bonds is 28. The van der Waals surface area contributed by atoms with E-state index in [0.29, 0.717) is 65.6 Å². The molecule has 8 atom stereocenters. The molecule has 28 heteroatoms. The number of hydrazine groups is 1. The summed E-state index contributed by atoms with van der Waals surface area (Å²) in [5.74, 6) is -6.28. The number of aliphatic carboxylic acids is 1. The number of benzene rings is 2. The molecule has 2 aliphatic carbocycles. The fourth-order valence-electron chi connectivity index (χ4n) is 11.0. The average molecular weight is 1180 g/mol. The Kier molecular flexibility index (Phi) is 22.3. The monoisotopic (exact) mass is 1170 g/mol. The lowest BCUT2D eigenvalue weighted by molar-refractivity contribution is -0.252. The number of carboxylic acid groups (broad SMARTS) is 1. The summed E-state index contributed by atoms with van der Waals surface area (Å²) in [5.41, 5.74) is 0.310. The lowest BCUT2D eigenvalue weighted by Gasteiger charge is -2.43. The maximum absolute atomic E-state index is 14.2. The Bertz CT molecular complexity index is 2620. The van der Waals surface area contributed by atoms with Crippen LogP contribution in [0.1, 0.15) is 94.5 Å². The third-order valence-electron chi connectivity index (χ3n) is 15.3. The molecule has 0 aromatic heterocycles. The number of aliphatic hydroxyl groups is 2. The van der Waals surface area contributed by atoms with Gasteiger partial charge in [0.1, 0.15) is 23.4 Å². The number of fused-ring (bicyclic) bond motifs is 6. The maximum Gasteiger partial charge on any atom is 0.306 e. The van der Waals surface area contributed by atoms with Gasteiger partial charge < -0.3 is 83.7 Å². The van der Waals surface area contributed by atoms with Crippen LogP contribution in [0.3, 0.4) is 0 Å². The van der Waals surface area contributed by atoms with Crippen molar-refractivity contribution in [1.82, 2.24) is 31.3 Å². The molecule has 0 spiro atoms. The number of ketones is 2. The van der Waals surface area contributed by atoms with Gasteiger partial charge in [0.2, 0.25) is 23.5 Å². The molecule has 6 aliphatic rings. The number of ether oxygens (including phenoxy) is 9. The highest BCUT2D eigenvalue weighted by molar-refractivity contribution is 7.99. The summed E-state index contributed by atoms with van der Waals surface area (Å²) in [7, 11) is 1.31. The number of likely N-dealkylation sites (tertiary alicyclic amines) is 1. The number of amides is 4. The van der Waals surface area contributed by atoms with Gasteiger partial charge in [-0.05, 0) is 38.9 Å². The lowest BCUT2D eigenvalue weighted by atomic mass is 9.72. The minimum atomic E-state index is -2.47. The number of carbonyl (C=O) groups is 7. The second-order valence-electron chi connectivity index (χ2n) is 20.6. The Hall–Kier alpha value is -5.60. The zero-order valence-corrected chi connectivity index (χ0v) is 46.7. The molecular weight excluding hydrogens is 1100 g/mol. The van der Waals surface area contributed by atoms with Gasteiger partial charge in [-0.25, -0.2) is 0 Å². The second kappa shape index (κ2) is 29.3. The SMILES string of the molecule is COc1cccc2c1C(=O)c1c(O)c3c(c(O)c1C2=O)C[C@@](O)(C(=O)NNC(=O)CCSCC(=O)NCCNC(=O)CCOCCOCCOCCOCCN1CCC(C(=O)O)CC1)C[C@@H]3O[C@H]1C[C@H]2[C@H](O[C@@H]3[C@@H](O)OCCN32)[C@H](C)O1. The number of carboxylic acids is 1. The molecular formula is C54H74N6O21S. The number of aliphatic hydroxyl groups excluding tert-OH is 1. The van der Waals surface area contributed by atoms with Crippen LogP contribution in [0.15, 0.2) is 18.2 Å². The standard InChI is InChI=1S/C54H74N6O21S/c1-30-49-34(60-15-18-78-52(70)50(60)81-49)26-40(79-30)80-36-28-54(72,27-33-42(36)48(67)44-43(46(33)65)45(64)32-4-3-5-35(73-2)41(32)47(44)66)53(71)58-57-38(62)9-25-82-29-39(63)56-11-10-55-37(61)8-16-74-19-21-76-23-24-77-22-20-75-17-14-59-12-6-31(7-13-59)51(68)69/h3-5,30-31,34,36,40,49-50,52,65,67,70,72H,6-29H2,1-2H3,(H,55,61)(H,56,63)(H,57,62)(H,58,71)(H,68,69)/t30-,34-,36-,40-,49+,50+,52-,54-/m0/s1. The summed E-state index contributed by atoms with van der Waals surface area (Å²) < 4.78 is 51.7. The number of methoxy groups -OCH3 is 1. The number of aromatic hydroxyl groups is 2. The zero-order valence-electron chi connectivity index (χ0n) is 45.9. The Balaban J connectivity index is 0.725. The highest BCUT2D eigenvalue weighted by Crippen LogP contribution is 2.53. The normalized spacial score (nSPS) is 25.2. The van der Waals surface area contributed by atoms with Crippen molar-refractivity contribution in [1.29, 1.82) is 0 Å². The minimum absolute atomic E-state index is 0.0100. The fourth-order valence-corrected chi connectivity index (χ4v) is 11.8. The molecule has 0 bridgehead atoms. The van der Waals surface area contributed by atoms with Crippen LogP contribution in [-0.4, -0.2) is 237 Å². The molecule has 4 saturated heterocycles. The Morgan fingerprint density at radius 2 is 1.48 bits per heavy atom. The van der Waals surface area contributed by atoms with Crippen molar-refractivity contribution in [3.63, 3.8) is 0 Å². The van der Waals surface area contributed by atoms with Crippen molar-refractivity contribution in [2.75, 3.05) is 117 Å². The first-order valence-electron chi connectivity index (χ1n) is 27.6. The van der Waals surface area contributed by atoms with Crippen LogP contribution in [0, 0.1) is 5.92 Å². The number of piperidine rings is 1. The number of nitrogens with one attached hydrogen (secondary N) is 4. The summed E-state index contributed by atoms with van der Waals surface area (Å²) in [5, 5.41) is 61.2. The largest absolute Gasteiger partial charge is 0.507 e. The van der Waals surface area contributed by atoms with Crippen LogP contribution in [0.2, 0.25) is 0 Å². The molecule has 8 rings (SSSR count). The van der Waals surface area contributed by atoms with E-state index < -0.39 is 108 Å². The lowest BCUT2D eigenvalue weighted by Crippen LogP contribution is -2.57. The molecule has 0 saturated carbocycles. The van der Waals surface area contributed by atoms with Gasteiger partial charge in [0, 0.05) is 86.8 Å². The third kappa shape index (κ3) is 15.2. The number of thioether (sulfide) groups is 1. The van der Waals surface area contributed by atoms with Crippen molar-refractivity contribution in [3.8, 4) is 17.2 Å². The van der Waals surface area contributed by atoms with E-state index in [9.17, 15) is 54.0 Å². The van der Waals surface area contributed by atoms with E-state index in [0.717, 1.165) is 31.4 Å². The summed E-state index contributed by atoms with van der Waals surface area (Å²) in [4.78, 5) is 95.0. The van der Waals surface area contributed by atoms with Crippen molar-refractivity contribution in [2.45, 2.75) is 101 Å². The molecule has 0 unspecified atom stereocenters. The molecule has 4 heterocycles. The van der Waals surface area contributed by atoms with Crippen LogP contribution >= 0.6 is 11.8 Å². The number of phenols is 2. The topological polar surface area (TPSA) is 358 Å². The molecule has 82 heavy (non-hydrogen) atoms. The first kappa shape index (κ1) is 62.4. The molecule has 2 aromatic carbocycles. The van der Waals surface area contributed by atoms with Gasteiger partial charge in [-0.2, -0.15) is 11.8 Å². The van der Waals surface area contributed by atoms with Crippen LogP contribution in [-0.2, 0) is 68.3 Å². The van der Waals surface area contributed by atoms with Gasteiger partial charge in [0.15, 0.2) is 30.2 Å². The van der Waals surface area contributed by atoms with Crippen molar-refractivity contribution in [2.24, 2.45) is 5.92 Å². The highest BCUT2D eigenvalue weighted by atomic mass is 32.2. The predicted molar refractivity (Wildman–Crippen MR) is 286 cm³/mol. The first-order valence-corrected chi connectivity index (χ1v) is 28.7. The smallest absolute Gasteiger partial charge is 0.306 e. The second-order valence-corrected chi connectivity index (χ2v) is 21.7. The number of nitrogens with zero attached hydrogens (tertiary/aromatic N) is 2. The van der Waals surface area contributed by atoms with Crippen LogP contribution in [0.25, 0.3) is 0 Å². The van der Waals surface area contributed by atoms with Gasteiger partial charge in [0.05, 0.1) is 107 Å². The van der Waals surface area contributed by atoms with Crippen molar-refractivity contribution in [3.05, 3.63) is 51.6 Å².